The van der Waals surface area contributed by atoms with Gasteiger partial charge in [0.25, 0.3) is 11.1 Å². The van der Waals surface area contributed by atoms with Gasteiger partial charge in [-0.05, 0) is 54.1 Å². The van der Waals surface area contributed by atoms with Gasteiger partial charge in [0.05, 0.1) is 15.0 Å². The molecule has 1 unspecified atom stereocenters. The standard InChI is InChI=1S/C23H23Cl2NO5S/c1-3-4-17-19(10-9-18(24)21(17)25)31-13-15(27)12-30-16-7-5-14(6-8-16)11-20-22(28)26(2)23(29)32-20/h5-11,15,27H,3-4,12-13H2,1-2H3/b20-11+. The third kappa shape index (κ3) is 5.98. The molecule has 1 aliphatic heterocycles. The van der Waals surface area contributed by atoms with Crippen molar-refractivity contribution >= 4 is 52.2 Å². The summed E-state index contributed by atoms with van der Waals surface area (Å²) in [6, 6.07) is 10.4. The van der Waals surface area contributed by atoms with Crippen LogP contribution in [0.3, 0.4) is 0 Å². The van der Waals surface area contributed by atoms with E-state index in [2.05, 4.69) is 0 Å². The summed E-state index contributed by atoms with van der Waals surface area (Å²) in [6.45, 7) is 2.12. The van der Waals surface area contributed by atoms with E-state index in [4.69, 9.17) is 32.7 Å². The Morgan fingerprint density at radius 1 is 1.09 bits per heavy atom. The molecule has 1 N–H and O–H groups in total. The van der Waals surface area contributed by atoms with Crippen LogP contribution in [0.15, 0.2) is 41.3 Å². The summed E-state index contributed by atoms with van der Waals surface area (Å²) in [4.78, 5) is 25.0. The summed E-state index contributed by atoms with van der Waals surface area (Å²) in [7, 11) is 1.45. The maximum Gasteiger partial charge on any atom is 0.293 e. The third-order valence-corrected chi connectivity index (χ3v) is 6.50. The van der Waals surface area contributed by atoms with Gasteiger partial charge in [0, 0.05) is 12.6 Å². The number of halogens is 2. The number of thioether (sulfide) groups is 1. The molecule has 0 bridgehead atoms. The molecule has 1 saturated heterocycles. The minimum Gasteiger partial charge on any atom is -0.491 e. The van der Waals surface area contributed by atoms with Gasteiger partial charge in [-0.2, -0.15) is 0 Å². The van der Waals surface area contributed by atoms with Crippen LogP contribution in [0.2, 0.25) is 10.0 Å². The van der Waals surface area contributed by atoms with Crippen molar-refractivity contribution in [1.82, 2.24) is 4.90 Å². The molecule has 3 rings (SSSR count). The van der Waals surface area contributed by atoms with E-state index in [0.29, 0.717) is 26.4 Å². The van der Waals surface area contributed by atoms with Crippen LogP contribution in [0.25, 0.3) is 6.08 Å². The number of amides is 2. The topological polar surface area (TPSA) is 76.1 Å². The molecule has 0 radical (unpaired) electrons. The first kappa shape index (κ1) is 24.5. The summed E-state index contributed by atoms with van der Waals surface area (Å²) in [5.41, 5.74) is 1.59. The number of hydrogen-bond acceptors (Lipinski definition) is 6. The van der Waals surface area contributed by atoms with Crippen molar-refractivity contribution in [2.75, 3.05) is 20.3 Å². The molecule has 0 aromatic heterocycles. The number of carbonyl (C=O) groups excluding carboxylic acids is 2. The molecule has 32 heavy (non-hydrogen) atoms. The third-order valence-electron chi connectivity index (χ3n) is 4.69. The van der Waals surface area contributed by atoms with Crippen molar-refractivity contribution in [3.8, 4) is 11.5 Å². The number of aliphatic hydroxyl groups excluding tert-OH is 1. The highest BCUT2D eigenvalue weighted by molar-refractivity contribution is 8.18. The van der Waals surface area contributed by atoms with Crippen LogP contribution in [-0.4, -0.2) is 47.5 Å². The van der Waals surface area contributed by atoms with Crippen LogP contribution in [0.1, 0.15) is 24.5 Å². The van der Waals surface area contributed by atoms with E-state index in [0.717, 1.165) is 40.6 Å². The molecule has 170 valence electrons. The van der Waals surface area contributed by atoms with Crippen LogP contribution in [0.5, 0.6) is 11.5 Å². The van der Waals surface area contributed by atoms with Gasteiger partial charge in [-0.1, -0.05) is 48.7 Å². The summed E-state index contributed by atoms with van der Waals surface area (Å²) in [5, 5.41) is 10.9. The molecule has 1 heterocycles. The van der Waals surface area contributed by atoms with Gasteiger partial charge in [0.2, 0.25) is 0 Å². The van der Waals surface area contributed by atoms with E-state index < -0.39 is 6.10 Å². The fourth-order valence-corrected chi connectivity index (χ4v) is 4.23. The highest BCUT2D eigenvalue weighted by Crippen LogP contribution is 2.34. The lowest BCUT2D eigenvalue weighted by atomic mass is 10.1. The number of ether oxygens (including phenoxy) is 2. The van der Waals surface area contributed by atoms with Crippen LogP contribution < -0.4 is 9.47 Å². The zero-order valence-corrected chi connectivity index (χ0v) is 20.0. The number of rotatable bonds is 9. The molecule has 1 fully saturated rings. The molecule has 0 aliphatic carbocycles. The lowest BCUT2D eigenvalue weighted by molar-refractivity contribution is -0.121. The molecule has 2 aromatic rings. The Morgan fingerprint density at radius 3 is 2.41 bits per heavy atom. The molecular formula is C23H23Cl2NO5S. The van der Waals surface area contributed by atoms with E-state index in [9.17, 15) is 14.7 Å². The van der Waals surface area contributed by atoms with Gasteiger partial charge in [-0.3, -0.25) is 14.5 Å². The summed E-state index contributed by atoms with van der Waals surface area (Å²) in [6.07, 6.45) is 2.41. The van der Waals surface area contributed by atoms with Crippen LogP contribution in [-0.2, 0) is 11.2 Å². The van der Waals surface area contributed by atoms with Gasteiger partial charge >= 0.3 is 0 Å². The van der Waals surface area contributed by atoms with Crippen LogP contribution >= 0.6 is 35.0 Å². The number of nitrogens with zero attached hydrogens (tertiary/aromatic N) is 1. The zero-order valence-electron chi connectivity index (χ0n) is 17.6. The Labute approximate surface area is 201 Å². The Balaban J connectivity index is 1.53. The van der Waals surface area contributed by atoms with E-state index in [-0.39, 0.29) is 24.4 Å². The molecule has 2 amide bonds. The number of carbonyl (C=O) groups is 2. The molecule has 6 nitrogen and oxygen atoms in total. The lowest BCUT2D eigenvalue weighted by Gasteiger charge is -2.17. The van der Waals surface area contributed by atoms with Crippen molar-refractivity contribution < 1.29 is 24.2 Å². The second-order valence-electron chi connectivity index (χ2n) is 7.17. The minimum atomic E-state index is -0.852. The number of aliphatic hydroxyl groups is 1. The zero-order chi connectivity index (χ0) is 23.3. The second-order valence-corrected chi connectivity index (χ2v) is 8.95. The van der Waals surface area contributed by atoms with E-state index in [1.807, 2.05) is 6.92 Å². The minimum absolute atomic E-state index is 0.0402. The van der Waals surface area contributed by atoms with Gasteiger partial charge in [-0.15, -0.1) is 0 Å². The first-order valence-corrected chi connectivity index (χ1v) is 11.6. The first-order valence-electron chi connectivity index (χ1n) is 10.0. The Bertz CT molecular complexity index is 1030. The maximum absolute atomic E-state index is 12.0. The number of imide groups is 1. The Hall–Kier alpha value is -2.19. The molecule has 9 heteroatoms. The Morgan fingerprint density at radius 2 is 1.78 bits per heavy atom. The van der Waals surface area contributed by atoms with E-state index >= 15 is 0 Å². The highest BCUT2D eigenvalue weighted by Gasteiger charge is 2.31. The smallest absolute Gasteiger partial charge is 0.293 e. The molecule has 2 aromatic carbocycles. The largest absolute Gasteiger partial charge is 0.491 e. The highest BCUT2D eigenvalue weighted by atomic mass is 35.5. The quantitative estimate of drug-likeness (QED) is 0.467. The monoisotopic (exact) mass is 495 g/mol. The van der Waals surface area contributed by atoms with Gasteiger partial charge in [0.15, 0.2) is 0 Å². The van der Waals surface area contributed by atoms with E-state index in [1.165, 1.54) is 7.05 Å². The fraction of sp³-hybridized carbons (Fsp3) is 0.304. The number of likely N-dealkylation sites (N-methyl/N-ethyl adjacent to an activating group) is 1. The van der Waals surface area contributed by atoms with Gasteiger partial charge in [0.1, 0.15) is 30.8 Å². The molecular weight excluding hydrogens is 473 g/mol. The SMILES string of the molecule is CCCc1c(OCC(O)COc2ccc(/C=C3/SC(=O)N(C)C3=O)cc2)ccc(Cl)c1Cl. The summed E-state index contributed by atoms with van der Waals surface area (Å²) < 4.78 is 11.4. The first-order chi connectivity index (χ1) is 15.3. The van der Waals surface area contributed by atoms with Crippen molar-refractivity contribution in [2.24, 2.45) is 0 Å². The van der Waals surface area contributed by atoms with Crippen LogP contribution in [0.4, 0.5) is 4.79 Å². The molecule has 1 atom stereocenters. The normalized spacial score (nSPS) is 16.0. The molecule has 0 saturated carbocycles. The maximum atomic E-state index is 12.0. The summed E-state index contributed by atoms with van der Waals surface area (Å²) in [5.74, 6) is 0.847. The van der Waals surface area contributed by atoms with Crippen molar-refractivity contribution in [2.45, 2.75) is 25.9 Å². The van der Waals surface area contributed by atoms with Gasteiger partial charge in [-0.25, -0.2) is 0 Å². The van der Waals surface area contributed by atoms with Crippen molar-refractivity contribution in [3.05, 3.63) is 62.5 Å². The second kappa shape index (κ2) is 11.1. The predicted molar refractivity (Wildman–Crippen MR) is 128 cm³/mol. The summed E-state index contributed by atoms with van der Waals surface area (Å²) >= 11 is 13.3. The Kier molecular flexibility index (Phi) is 8.48. The number of benzene rings is 2. The van der Waals surface area contributed by atoms with Gasteiger partial charge < -0.3 is 14.6 Å². The molecule has 1 aliphatic rings. The molecule has 0 spiro atoms. The predicted octanol–water partition coefficient (Wildman–Crippen LogP) is 5.43. The lowest BCUT2D eigenvalue weighted by Crippen LogP contribution is -2.25. The van der Waals surface area contributed by atoms with E-state index in [1.54, 1.807) is 42.5 Å². The average Bonchev–Trinajstić information content (AvgIpc) is 3.02. The van der Waals surface area contributed by atoms with Crippen molar-refractivity contribution in [3.63, 3.8) is 0 Å². The average molecular weight is 496 g/mol. The fourth-order valence-electron chi connectivity index (χ4n) is 2.98. The van der Waals surface area contributed by atoms with Crippen molar-refractivity contribution in [1.29, 1.82) is 0 Å². The number of hydrogen-bond donors (Lipinski definition) is 1. The van der Waals surface area contributed by atoms with Crippen LogP contribution in [0, 0.1) is 0 Å².